The van der Waals surface area contributed by atoms with Crippen LogP contribution >= 0.6 is 0 Å². The van der Waals surface area contributed by atoms with Crippen LogP contribution in [0.15, 0.2) is 78.9 Å². The molecule has 0 fully saturated rings. The van der Waals surface area contributed by atoms with Gasteiger partial charge in [0.05, 0.1) is 11.3 Å². The Labute approximate surface area is 150 Å². The third-order valence-electron chi connectivity index (χ3n) is 4.49. The van der Waals surface area contributed by atoms with Crippen LogP contribution in [0.3, 0.4) is 0 Å². The summed E-state index contributed by atoms with van der Waals surface area (Å²) < 4.78 is 2.00. The number of carbonyl (C=O) groups is 1. The van der Waals surface area contributed by atoms with Gasteiger partial charge in [0.15, 0.2) is 0 Å². The minimum absolute atomic E-state index is 0.0523. The molecule has 0 amide bonds. The monoisotopic (exact) mass is 343 g/mol. The zero-order chi connectivity index (χ0) is 18.1. The summed E-state index contributed by atoms with van der Waals surface area (Å²) in [5.41, 5.74) is 3.53. The number of aromatic hydroxyl groups is 1. The molecule has 0 saturated carbocycles. The number of benzene rings is 3. The standard InChI is InChI=1S/C22H17NO3/c24-17-11-12-19-18(13-17)20(22(25)26)21(16-9-5-2-6-10-16)23(19)14-15-7-3-1-4-8-15/h1-13,24H,14H2,(H,25,26). The molecule has 0 saturated heterocycles. The lowest BCUT2D eigenvalue weighted by Gasteiger charge is -2.12. The van der Waals surface area contributed by atoms with Crippen molar-refractivity contribution in [1.82, 2.24) is 4.57 Å². The SMILES string of the molecule is O=C(O)c1c(-c2ccccc2)n(Cc2ccccc2)c2ccc(O)cc12. The fourth-order valence-corrected chi connectivity index (χ4v) is 3.39. The molecule has 128 valence electrons. The predicted molar refractivity (Wildman–Crippen MR) is 102 cm³/mol. The fourth-order valence-electron chi connectivity index (χ4n) is 3.39. The number of hydrogen-bond acceptors (Lipinski definition) is 2. The highest BCUT2D eigenvalue weighted by Gasteiger charge is 2.23. The summed E-state index contributed by atoms with van der Waals surface area (Å²) in [4.78, 5) is 12.1. The van der Waals surface area contributed by atoms with Crippen molar-refractivity contribution in [3.63, 3.8) is 0 Å². The summed E-state index contributed by atoms with van der Waals surface area (Å²) in [6.07, 6.45) is 0. The molecule has 4 heteroatoms. The summed E-state index contributed by atoms with van der Waals surface area (Å²) >= 11 is 0. The predicted octanol–water partition coefficient (Wildman–Crippen LogP) is 4.76. The van der Waals surface area contributed by atoms with E-state index in [1.165, 1.54) is 6.07 Å². The number of hydrogen-bond donors (Lipinski definition) is 2. The Balaban J connectivity index is 2.06. The van der Waals surface area contributed by atoms with Gasteiger partial charge in [-0.3, -0.25) is 0 Å². The van der Waals surface area contributed by atoms with Crippen LogP contribution in [0.2, 0.25) is 0 Å². The van der Waals surface area contributed by atoms with Crippen LogP contribution in [0.1, 0.15) is 15.9 Å². The Morgan fingerprint density at radius 3 is 2.19 bits per heavy atom. The van der Waals surface area contributed by atoms with Gasteiger partial charge in [0.2, 0.25) is 0 Å². The molecule has 0 bridgehead atoms. The third-order valence-corrected chi connectivity index (χ3v) is 4.49. The molecule has 1 aromatic heterocycles. The van der Waals surface area contributed by atoms with E-state index in [1.807, 2.05) is 65.2 Å². The lowest BCUT2D eigenvalue weighted by atomic mass is 10.1. The lowest BCUT2D eigenvalue weighted by molar-refractivity contribution is 0.0699. The first-order chi connectivity index (χ1) is 12.6. The van der Waals surface area contributed by atoms with Crippen molar-refractivity contribution in [1.29, 1.82) is 0 Å². The lowest BCUT2D eigenvalue weighted by Crippen LogP contribution is -2.04. The number of carboxylic acid groups (broad SMARTS) is 1. The Kier molecular flexibility index (Phi) is 3.93. The summed E-state index contributed by atoms with van der Waals surface area (Å²) in [6.45, 7) is 0.541. The van der Waals surface area contributed by atoms with E-state index >= 15 is 0 Å². The molecule has 26 heavy (non-hydrogen) atoms. The third kappa shape index (κ3) is 2.71. The van der Waals surface area contributed by atoms with E-state index in [-0.39, 0.29) is 11.3 Å². The van der Waals surface area contributed by atoms with Gasteiger partial charge in [0, 0.05) is 17.4 Å². The second kappa shape index (κ2) is 6.41. The fraction of sp³-hybridized carbons (Fsp3) is 0.0455. The van der Waals surface area contributed by atoms with Gasteiger partial charge in [-0.25, -0.2) is 4.79 Å². The Bertz CT molecular complexity index is 1080. The molecule has 2 N–H and O–H groups in total. The molecule has 0 atom stereocenters. The van der Waals surface area contributed by atoms with Crippen molar-refractivity contribution in [2.75, 3.05) is 0 Å². The first kappa shape index (κ1) is 16.0. The normalized spacial score (nSPS) is 10.9. The van der Waals surface area contributed by atoms with E-state index in [1.54, 1.807) is 12.1 Å². The van der Waals surface area contributed by atoms with E-state index in [4.69, 9.17) is 0 Å². The molecule has 1 heterocycles. The summed E-state index contributed by atoms with van der Waals surface area (Å²) in [5, 5.41) is 20.3. The van der Waals surface area contributed by atoms with E-state index in [2.05, 4.69) is 0 Å². The highest BCUT2D eigenvalue weighted by molar-refractivity contribution is 6.10. The van der Waals surface area contributed by atoms with Gasteiger partial charge in [-0.15, -0.1) is 0 Å². The summed E-state index contributed by atoms with van der Waals surface area (Å²) in [7, 11) is 0. The number of phenols is 1. The van der Waals surface area contributed by atoms with E-state index < -0.39 is 5.97 Å². The zero-order valence-corrected chi connectivity index (χ0v) is 14.0. The molecular weight excluding hydrogens is 326 g/mol. The molecule has 0 aliphatic heterocycles. The average molecular weight is 343 g/mol. The first-order valence-corrected chi connectivity index (χ1v) is 8.33. The number of aromatic carboxylic acids is 1. The number of carboxylic acids is 1. The van der Waals surface area contributed by atoms with Gasteiger partial charge >= 0.3 is 5.97 Å². The van der Waals surface area contributed by atoms with Crippen molar-refractivity contribution in [3.8, 4) is 17.0 Å². The first-order valence-electron chi connectivity index (χ1n) is 8.33. The molecule has 4 nitrogen and oxygen atoms in total. The van der Waals surface area contributed by atoms with Gasteiger partial charge in [-0.1, -0.05) is 60.7 Å². The van der Waals surface area contributed by atoms with Gasteiger partial charge in [0.25, 0.3) is 0 Å². The zero-order valence-electron chi connectivity index (χ0n) is 14.0. The van der Waals surface area contributed by atoms with Crippen LogP contribution in [0.4, 0.5) is 0 Å². The van der Waals surface area contributed by atoms with Gasteiger partial charge in [-0.05, 0) is 29.3 Å². The van der Waals surface area contributed by atoms with Crippen LogP contribution < -0.4 is 0 Å². The summed E-state index contributed by atoms with van der Waals surface area (Å²) in [5.74, 6) is -0.956. The molecule has 0 unspecified atom stereocenters. The minimum atomic E-state index is -1.01. The Morgan fingerprint density at radius 1 is 0.885 bits per heavy atom. The second-order valence-corrected chi connectivity index (χ2v) is 6.17. The van der Waals surface area contributed by atoms with E-state index in [0.29, 0.717) is 17.6 Å². The largest absolute Gasteiger partial charge is 0.508 e. The molecule has 0 spiro atoms. The van der Waals surface area contributed by atoms with Crippen molar-refractivity contribution >= 4 is 16.9 Å². The number of aromatic nitrogens is 1. The van der Waals surface area contributed by atoms with Crippen molar-refractivity contribution in [2.24, 2.45) is 0 Å². The van der Waals surface area contributed by atoms with Crippen molar-refractivity contribution < 1.29 is 15.0 Å². The van der Waals surface area contributed by atoms with Crippen LogP contribution in [0, 0.1) is 0 Å². The number of phenolic OH excluding ortho intramolecular Hbond substituents is 1. The maximum atomic E-state index is 12.1. The molecule has 3 aromatic carbocycles. The van der Waals surface area contributed by atoms with E-state index in [0.717, 1.165) is 16.6 Å². The quantitative estimate of drug-likeness (QED) is 0.561. The maximum absolute atomic E-state index is 12.1. The average Bonchev–Trinajstić information content (AvgIpc) is 2.97. The highest BCUT2D eigenvalue weighted by Crippen LogP contribution is 2.36. The number of fused-ring (bicyclic) bond motifs is 1. The maximum Gasteiger partial charge on any atom is 0.338 e. The molecule has 0 aliphatic rings. The van der Waals surface area contributed by atoms with Gasteiger partial charge in [-0.2, -0.15) is 0 Å². The van der Waals surface area contributed by atoms with Gasteiger partial charge < -0.3 is 14.8 Å². The smallest absolute Gasteiger partial charge is 0.338 e. The molecular formula is C22H17NO3. The molecule has 0 radical (unpaired) electrons. The summed E-state index contributed by atoms with van der Waals surface area (Å²) in [6, 6.07) is 24.3. The number of nitrogens with zero attached hydrogens (tertiary/aromatic N) is 1. The van der Waals surface area contributed by atoms with Crippen LogP contribution in [-0.4, -0.2) is 20.7 Å². The molecule has 0 aliphatic carbocycles. The Morgan fingerprint density at radius 2 is 1.54 bits per heavy atom. The van der Waals surface area contributed by atoms with Crippen LogP contribution in [0.5, 0.6) is 5.75 Å². The second-order valence-electron chi connectivity index (χ2n) is 6.17. The minimum Gasteiger partial charge on any atom is -0.508 e. The van der Waals surface area contributed by atoms with E-state index in [9.17, 15) is 15.0 Å². The molecule has 4 aromatic rings. The Hall–Kier alpha value is -3.53. The molecule has 4 rings (SSSR count). The van der Waals surface area contributed by atoms with Crippen molar-refractivity contribution in [3.05, 3.63) is 90.0 Å². The van der Waals surface area contributed by atoms with Crippen LogP contribution in [0.25, 0.3) is 22.2 Å². The van der Waals surface area contributed by atoms with Gasteiger partial charge in [0.1, 0.15) is 5.75 Å². The van der Waals surface area contributed by atoms with Crippen molar-refractivity contribution in [2.45, 2.75) is 6.54 Å². The van der Waals surface area contributed by atoms with Crippen LogP contribution in [-0.2, 0) is 6.54 Å². The number of rotatable bonds is 4. The topological polar surface area (TPSA) is 62.5 Å². The highest BCUT2D eigenvalue weighted by atomic mass is 16.4.